The predicted molar refractivity (Wildman–Crippen MR) is 107 cm³/mol. The highest BCUT2D eigenvalue weighted by Gasteiger charge is 2.18. The van der Waals surface area contributed by atoms with Gasteiger partial charge in [-0.1, -0.05) is 24.3 Å². The van der Waals surface area contributed by atoms with E-state index in [0.717, 1.165) is 22.3 Å². The van der Waals surface area contributed by atoms with Gasteiger partial charge in [0.25, 0.3) is 0 Å². The van der Waals surface area contributed by atoms with Crippen LogP contribution in [0.3, 0.4) is 0 Å². The van der Waals surface area contributed by atoms with Crippen molar-refractivity contribution < 1.29 is 13.2 Å². The molecule has 27 heavy (non-hydrogen) atoms. The molecular formula is C20H16N2O3S2. The number of ether oxygens (including phenoxy) is 1. The first kappa shape index (κ1) is 17.6. The zero-order chi connectivity index (χ0) is 18.9. The number of nitrogens with zero attached hydrogens (tertiary/aromatic N) is 2. The molecule has 4 rings (SSSR count). The minimum absolute atomic E-state index is 0.109. The molecule has 0 saturated carbocycles. The number of pyridine rings is 1. The van der Waals surface area contributed by atoms with Crippen LogP contribution in [0, 0.1) is 0 Å². The van der Waals surface area contributed by atoms with Crippen LogP contribution in [0.2, 0.25) is 0 Å². The fourth-order valence-electron chi connectivity index (χ4n) is 2.99. The highest BCUT2D eigenvalue weighted by atomic mass is 32.2. The third-order valence-electron chi connectivity index (χ3n) is 4.27. The highest BCUT2D eigenvalue weighted by Crippen LogP contribution is 2.35. The number of thiazole rings is 1. The van der Waals surface area contributed by atoms with Gasteiger partial charge in [0.2, 0.25) is 0 Å². The first-order valence-corrected chi connectivity index (χ1v) is 10.7. The number of rotatable bonds is 5. The van der Waals surface area contributed by atoms with Gasteiger partial charge < -0.3 is 4.74 Å². The van der Waals surface area contributed by atoms with Crippen LogP contribution in [-0.2, 0) is 15.6 Å². The highest BCUT2D eigenvalue weighted by molar-refractivity contribution is 7.90. The number of benzene rings is 2. The van der Waals surface area contributed by atoms with Crippen LogP contribution in [0.4, 0.5) is 0 Å². The molecule has 0 unspecified atom stereocenters. The maximum atomic E-state index is 12.7. The normalized spacial score (nSPS) is 11.6. The van der Waals surface area contributed by atoms with Crippen LogP contribution in [-0.4, -0.2) is 25.5 Å². The van der Waals surface area contributed by atoms with Crippen molar-refractivity contribution in [3.05, 3.63) is 71.3 Å². The monoisotopic (exact) mass is 396 g/mol. The summed E-state index contributed by atoms with van der Waals surface area (Å²) >= 11 is 1.33. The first-order chi connectivity index (χ1) is 13.1. The second-order valence-electron chi connectivity index (χ2n) is 5.92. The number of hydrogen-bond donors (Lipinski definition) is 0. The molecule has 0 aliphatic heterocycles. The molecule has 0 aliphatic rings. The van der Waals surface area contributed by atoms with Crippen LogP contribution in [0.5, 0.6) is 5.75 Å². The summed E-state index contributed by atoms with van der Waals surface area (Å²) in [6.45, 7) is 0. The van der Waals surface area contributed by atoms with E-state index in [0.29, 0.717) is 10.5 Å². The zero-order valence-electron chi connectivity index (χ0n) is 14.5. The van der Waals surface area contributed by atoms with Crippen LogP contribution < -0.4 is 4.74 Å². The molecule has 7 heteroatoms. The van der Waals surface area contributed by atoms with Crippen LogP contribution >= 0.6 is 11.3 Å². The summed E-state index contributed by atoms with van der Waals surface area (Å²) in [4.78, 5) is 8.69. The Labute approximate surface area is 161 Å². The number of sulfone groups is 1. The third-order valence-corrected chi connectivity index (χ3v) is 6.86. The molecule has 0 bridgehead atoms. The van der Waals surface area contributed by atoms with Gasteiger partial charge in [0.1, 0.15) is 16.5 Å². The lowest BCUT2D eigenvalue weighted by molar-refractivity contribution is 0.416. The average Bonchev–Trinajstić information content (AvgIpc) is 3.19. The molecule has 0 saturated heterocycles. The van der Waals surface area contributed by atoms with Gasteiger partial charge in [-0.3, -0.25) is 4.98 Å². The van der Waals surface area contributed by atoms with Crippen LogP contribution in [0.25, 0.3) is 22.0 Å². The van der Waals surface area contributed by atoms with Crippen molar-refractivity contribution in [1.82, 2.24) is 9.97 Å². The summed E-state index contributed by atoms with van der Waals surface area (Å²) in [5, 5.41) is 3.22. The summed E-state index contributed by atoms with van der Waals surface area (Å²) in [6, 6.07) is 14.7. The van der Waals surface area contributed by atoms with E-state index in [2.05, 4.69) is 9.97 Å². The molecule has 5 nitrogen and oxygen atoms in total. The van der Waals surface area contributed by atoms with Gasteiger partial charge >= 0.3 is 0 Å². The predicted octanol–water partition coefficient (Wildman–Crippen LogP) is 4.34. The van der Waals surface area contributed by atoms with Crippen molar-refractivity contribution in [1.29, 1.82) is 0 Å². The minimum atomic E-state index is -3.48. The number of fused-ring (bicyclic) bond motifs is 1. The van der Waals surface area contributed by atoms with Crippen LogP contribution in [0.15, 0.2) is 71.2 Å². The quantitative estimate of drug-likeness (QED) is 0.502. The largest absolute Gasteiger partial charge is 0.496 e. The number of aromatic nitrogens is 2. The fourth-order valence-corrected chi connectivity index (χ4v) is 5.26. The SMILES string of the molecule is COc1ccccc1-c1ccnc2cc(S(=O)(=O)Cc3nccs3)ccc12. The van der Waals surface area contributed by atoms with Gasteiger partial charge in [-0.05, 0) is 29.8 Å². The number of methoxy groups -OCH3 is 1. The van der Waals surface area contributed by atoms with Crippen molar-refractivity contribution >= 4 is 32.1 Å². The second kappa shape index (κ2) is 7.09. The molecule has 2 aromatic carbocycles. The molecule has 0 amide bonds. The van der Waals surface area contributed by atoms with Gasteiger partial charge in [0.15, 0.2) is 9.84 Å². The Hall–Kier alpha value is -2.77. The average molecular weight is 396 g/mol. The van der Waals surface area contributed by atoms with E-state index >= 15 is 0 Å². The molecule has 4 aromatic rings. The van der Waals surface area contributed by atoms with E-state index in [1.54, 1.807) is 43.1 Å². The smallest absolute Gasteiger partial charge is 0.184 e. The standard InChI is InChI=1S/C20H16N2O3S2/c1-25-19-5-3-2-4-17(19)15-8-9-21-18-12-14(6-7-16(15)18)27(23,24)13-20-22-10-11-26-20/h2-12H,13H2,1H3. The fraction of sp³-hybridized carbons (Fsp3) is 0.100. The lowest BCUT2D eigenvalue weighted by Gasteiger charge is -2.11. The third kappa shape index (κ3) is 3.43. The van der Waals surface area contributed by atoms with E-state index in [4.69, 9.17) is 4.74 Å². The van der Waals surface area contributed by atoms with Crippen molar-refractivity contribution in [3.8, 4) is 16.9 Å². The molecular weight excluding hydrogens is 380 g/mol. The minimum Gasteiger partial charge on any atom is -0.496 e. The Morgan fingerprint density at radius 1 is 1.00 bits per heavy atom. The molecule has 2 heterocycles. The van der Waals surface area contributed by atoms with Gasteiger partial charge in [0.05, 0.1) is 17.5 Å². The Balaban J connectivity index is 1.81. The van der Waals surface area contributed by atoms with Crippen molar-refractivity contribution in [2.75, 3.05) is 7.11 Å². The van der Waals surface area contributed by atoms with E-state index < -0.39 is 9.84 Å². The summed E-state index contributed by atoms with van der Waals surface area (Å²) in [5.41, 5.74) is 2.51. The number of hydrogen-bond acceptors (Lipinski definition) is 6. The van der Waals surface area contributed by atoms with E-state index in [9.17, 15) is 8.42 Å². The van der Waals surface area contributed by atoms with Gasteiger partial charge in [-0.15, -0.1) is 11.3 Å². The van der Waals surface area contributed by atoms with Crippen molar-refractivity contribution in [2.24, 2.45) is 0 Å². The molecule has 0 aliphatic carbocycles. The molecule has 0 radical (unpaired) electrons. The Bertz CT molecular complexity index is 1200. The summed E-state index contributed by atoms with van der Waals surface area (Å²) in [7, 11) is -1.85. The molecule has 2 aromatic heterocycles. The molecule has 0 N–H and O–H groups in total. The van der Waals surface area contributed by atoms with Crippen LogP contribution in [0.1, 0.15) is 5.01 Å². The summed E-state index contributed by atoms with van der Waals surface area (Å²) in [5.74, 6) is 0.646. The summed E-state index contributed by atoms with van der Waals surface area (Å²) < 4.78 is 30.9. The second-order valence-corrected chi connectivity index (χ2v) is 8.89. The molecule has 136 valence electrons. The maximum absolute atomic E-state index is 12.7. The first-order valence-electron chi connectivity index (χ1n) is 8.22. The molecule has 0 fully saturated rings. The number of para-hydroxylation sites is 1. The maximum Gasteiger partial charge on any atom is 0.184 e. The van der Waals surface area contributed by atoms with E-state index in [1.807, 2.05) is 30.3 Å². The summed E-state index contributed by atoms with van der Waals surface area (Å²) in [6.07, 6.45) is 3.29. The zero-order valence-corrected chi connectivity index (χ0v) is 16.1. The van der Waals surface area contributed by atoms with E-state index in [-0.39, 0.29) is 10.6 Å². The van der Waals surface area contributed by atoms with Gasteiger partial charge in [0, 0.05) is 28.7 Å². The molecule has 0 spiro atoms. The van der Waals surface area contributed by atoms with E-state index in [1.165, 1.54) is 11.3 Å². The Kier molecular flexibility index (Phi) is 4.63. The lowest BCUT2D eigenvalue weighted by Crippen LogP contribution is -2.05. The van der Waals surface area contributed by atoms with Gasteiger partial charge in [-0.2, -0.15) is 0 Å². The molecule has 0 atom stereocenters. The topological polar surface area (TPSA) is 69.2 Å². The lowest BCUT2D eigenvalue weighted by atomic mass is 10.0. The van der Waals surface area contributed by atoms with Crippen molar-refractivity contribution in [3.63, 3.8) is 0 Å². The Morgan fingerprint density at radius 3 is 2.63 bits per heavy atom. The van der Waals surface area contributed by atoms with Gasteiger partial charge in [-0.25, -0.2) is 13.4 Å². The van der Waals surface area contributed by atoms with Crippen molar-refractivity contribution in [2.45, 2.75) is 10.6 Å². The Morgan fingerprint density at radius 2 is 1.85 bits per heavy atom.